The molecule has 2 aromatic heterocycles. The van der Waals surface area contributed by atoms with E-state index < -0.39 is 0 Å². The van der Waals surface area contributed by atoms with E-state index in [2.05, 4.69) is 53.1 Å². The summed E-state index contributed by atoms with van der Waals surface area (Å²) < 4.78 is 0. The fourth-order valence-electron chi connectivity index (χ4n) is 3.68. The molecule has 3 aromatic rings. The highest BCUT2D eigenvalue weighted by atomic mass is 16.1. The molecule has 0 radical (unpaired) electrons. The molecule has 6 nitrogen and oxygen atoms in total. The van der Waals surface area contributed by atoms with Crippen molar-refractivity contribution in [3.63, 3.8) is 0 Å². The van der Waals surface area contributed by atoms with Crippen molar-refractivity contribution >= 4 is 22.8 Å². The topological polar surface area (TPSA) is 102 Å². The SMILES string of the molecule is CC(C)c1ccc([C@H]2CC(=O)c3cnc4nc(N)[nH]c(=O)c4c3C2)cc1. The third-order valence-corrected chi connectivity index (χ3v) is 5.12. The van der Waals surface area contributed by atoms with Crippen molar-refractivity contribution in [2.75, 3.05) is 5.73 Å². The number of pyridine rings is 1. The molecule has 132 valence electrons. The molecule has 6 heteroatoms. The van der Waals surface area contributed by atoms with Crippen LogP contribution in [0.25, 0.3) is 11.0 Å². The van der Waals surface area contributed by atoms with E-state index in [0.717, 1.165) is 11.1 Å². The van der Waals surface area contributed by atoms with Crippen LogP contribution < -0.4 is 11.3 Å². The molecule has 0 bridgehead atoms. The summed E-state index contributed by atoms with van der Waals surface area (Å²) in [4.78, 5) is 35.9. The molecule has 26 heavy (non-hydrogen) atoms. The van der Waals surface area contributed by atoms with Gasteiger partial charge in [0, 0.05) is 18.2 Å². The van der Waals surface area contributed by atoms with Gasteiger partial charge in [-0.05, 0) is 34.9 Å². The van der Waals surface area contributed by atoms with Crippen LogP contribution in [-0.4, -0.2) is 20.7 Å². The number of nitrogens with two attached hydrogens (primary N) is 1. The predicted molar refractivity (Wildman–Crippen MR) is 100 cm³/mol. The second kappa shape index (κ2) is 6.05. The van der Waals surface area contributed by atoms with Crippen molar-refractivity contribution in [3.05, 3.63) is 63.1 Å². The van der Waals surface area contributed by atoms with E-state index in [1.54, 1.807) is 0 Å². The molecular weight excluding hydrogens is 328 g/mol. The summed E-state index contributed by atoms with van der Waals surface area (Å²) in [6.45, 7) is 4.30. The fraction of sp³-hybridized carbons (Fsp3) is 0.300. The lowest BCUT2D eigenvalue weighted by molar-refractivity contribution is 0.0964. The average molecular weight is 348 g/mol. The van der Waals surface area contributed by atoms with E-state index in [-0.39, 0.29) is 28.9 Å². The van der Waals surface area contributed by atoms with Crippen LogP contribution in [0.1, 0.15) is 59.2 Å². The normalized spacial score (nSPS) is 16.9. The third-order valence-electron chi connectivity index (χ3n) is 5.12. The first-order valence-electron chi connectivity index (χ1n) is 8.74. The van der Waals surface area contributed by atoms with E-state index in [0.29, 0.717) is 29.7 Å². The molecule has 0 aliphatic heterocycles. The number of nitrogens with zero attached hydrogens (tertiary/aromatic N) is 2. The summed E-state index contributed by atoms with van der Waals surface area (Å²) in [5, 5.41) is 0.369. The largest absolute Gasteiger partial charge is 0.369 e. The third kappa shape index (κ3) is 2.67. The number of anilines is 1. The Morgan fingerprint density at radius 1 is 1.15 bits per heavy atom. The van der Waals surface area contributed by atoms with Gasteiger partial charge in [0.1, 0.15) is 0 Å². The number of carbonyl (C=O) groups excluding carboxylic acids is 1. The Morgan fingerprint density at radius 3 is 2.58 bits per heavy atom. The lowest BCUT2D eigenvalue weighted by atomic mass is 9.79. The van der Waals surface area contributed by atoms with E-state index in [9.17, 15) is 9.59 Å². The summed E-state index contributed by atoms with van der Waals surface area (Å²) >= 11 is 0. The molecule has 0 spiro atoms. The molecule has 1 atom stereocenters. The van der Waals surface area contributed by atoms with E-state index in [1.165, 1.54) is 11.8 Å². The van der Waals surface area contributed by atoms with E-state index >= 15 is 0 Å². The second-order valence-electron chi connectivity index (χ2n) is 7.15. The molecule has 1 aliphatic rings. The summed E-state index contributed by atoms with van der Waals surface area (Å²) in [6, 6.07) is 8.39. The molecule has 3 N–H and O–H groups in total. The molecular formula is C20H20N4O2. The Bertz CT molecular complexity index is 1070. The predicted octanol–water partition coefficient (Wildman–Crippen LogP) is 2.94. The van der Waals surface area contributed by atoms with E-state index in [4.69, 9.17) is 5.73 Å². The van der Waals surface area contributed by atoms with Gasteiger partial charge >= 0.3 is 0 Å². The number of nitrogen functional groups attached to an aromatic ring is 1. The van der Waals surface area contributed by atoms with Gasteiger partial charge in [-0.2, -0.15) is 4.98 Å². The molecule has 4 rings (SSSR count). The maximum absolute atomic E-state index is 12.7. The number of hydrogen-bond donors (Lipinski definition) is 2. The highest BCUT2D eigenvalue weighted by Crippen LogP contribution is 2.35. The zero-order chi connectivity index (χ0) is 18.4. The van der Waals surface area contributed by atoms with Gasteiger partial charge < -0.3 is 5.73 Å². The van der Waals surface area contributed by atoms with Crippen LogP contribution in [0, 0.1) is 0 Å². The average Bonchev–Trinajstić information content (AvgIpc) is 2.60. The first-order chi connectivity index (χ1) is 12.4. The van der Waals surface area contributed by atoms with Crippen LogP contribution in [0.3, 0.4) is 0 Å². The molecule has 0 saturated heterocycles. The zero-order valence-electron chi connectivity index (χ0n) is 14.7. The number of H-pyrrole nitrogens is 1. The summed E-state index contributed by atoms with van der Waals surface area (Å²) in [6.07, 6.45) is 2.54. The van der Waals surface area contributed by atoms with Gasteiger partial charge in [0.15, 0.2) is 11.4 Å². The van der Waals surface area contributed by atoms with Gasteiger partial charge in [0.2, 0.25) is 5.95 Å². The molecule has 0 fully saturated rings. The Balaban J connectivity index is 1.81. The van der Waals surface area contributed by atoms with Crippen LogP contribution in [0.2, 0.25) is 0 Å². The van der Waals surface area contributed by atoms with Gasteiger partial charge in [-0.1, -0.05) is 38.1 Å². The summed E-state index contributed by atoms with van der Waals surface area (Å²) in [5.74, 6) is 0.536. The Labute approximate surface area is 150 Å². The summed E-state index contributed by atoms with van der Waals surface area (Å²) in [5.41, 5.74) is 9.16. The van der Waals surface area contributed by atoms with Gasteiger partial charge in [-0.25, -0.2) is 4.98 Å². The highest BCUT2D eigenvalue weighted by molar-refractivity contribution is 6.02. The van der Waals surface area contributed by atoms with Gasteiger partial charge in [-0.3, -0.25) is 14.6 Å². The minimum absolute atomic E-state index is 0.00908. The number of aromatic amines is 1. The first kappa shape index (κ1) is 16.4. The summed E-state index contributed by atoms with van der Waals surface area (Å²) in [7, 11) is 0. The number of nitrogens with one attached hydrogen (secondary N) is 1. The van der Waals surface area contributed by atoms with Crippen LogP contribution in [0.5, 0.6) is 0 Å². The van der Waals surface area contributed by atoms with Gasteiger partial charge in [0.05, 0.1) is 5.39 Å². The van der Waals surface area contributed by atoms with Crippen molar-refractivity contribution in [2.45, 2.75) is 38.5 Å². The quantitative estimate of drug-likeness (QED) is 0.741. The fourth-order valence-corrected chi connectivity index (χ4v) is 3.68. The number of benzene rings is 1. The lowest BCUT2D eigenvalue weighted by Gasteiger charge is -2.24. The molecule has 0 amide bonds. The molecule has 1 aromatic carbocycles. The van der Waals surface area contributed by atoms with Gasteiger partial charge in [0.25, 0.3) is 5.56 Å². The van der Waals surface area contributed by atoms with Gasteiger partial charge in [-0.15, -0.1) is 0 Å². The Morgan fingerprint density at radius 2 is 1.88 bits per heavy atom. The van der Waals surface area contributed by atoms with Crippen LogP contribution in [0.4, 0.5) is 5.95 Å². The van der Waals surface area contributed by atoms with Crippen molar-refractivity contribution in [3.8, 4) is 0 Å². The molecule has 1 aliphatic carbocycles. The molecule has 0 unspecified atom stereocenters. The minimum atomic E-state index is -0.347. The highest BCUT2D eigenvalue weighted by Gasteiger charge is 2.29. The number of Topliss-reactive ketones (excluding diaryl/α,β-unsaturated/α-hetero) is 1. The van der Waals surface area contributed by atoms with Crippen molar-refractivity contribution in [2.24, 2.45) is 0 Å². The van der Waals surface area contributed by atoms with Crippen molar-refractivity contribution in [1.82, 2.24) is 15.0 Å². The number of hydrogen-bond acceptors (Lipinski definition) is 5. The smallest absolute Gasteiger partial charge is 0.262 e. The number of ketones is 1. The Hall–Kier alpha value is -3.02. The lowest BCUT2D eigenvalue weighted by Crippen LogP contribution is -2.23. The molecule has 0 saturated carbocycles. The van der Waals surface area contributed by atoms with Crippen LogP contribution >= 0.6 is 0 Å². The van der Waals surface area contributed by atoms with E-state index in [1.807, 2.05) is 0 Å². The first-order valence-corrected chi connectivity index (χ1v) is 8.74. The standard InChI is InChI=1S/C20H20N4O2/c1-10(2)11-3-5-12(6-4-11)13-7-14-15(16(25)8-13)9-22-18-17(14)19(26)24-20(21)23-18/h3-6,9-10,13H,7-8H2,1-2H3,(H3,21,22,23,24,26)/t13-/m1/s1. The minimum Gasteiger partial charge on any atom is -0.369 e. The maximum atomic E-state index is 12.7. The maximum Gasteiger partial charge on any atom is 0.262 e. The van der Waals surface area contributed by atoms with Crippen molar-refractivity contribution < 1.29 is 4.79 Å². The number of fused-ring (bicyclic) bond motifs is 3. The number of carbonyl (C=O) groups is 1. The monoisotopic (exact) mass is 348 g/mol. The number of aromatic nitrogens is 3. The molecule has 2 heterocycles. The van der Waals surface area contributed by atoms with Crippen LogP contribution in [-0.2, 0) is 6.42 Å². The van der Waals surface area contributed by atoms with Crippen LogP contribution in [0.15, 0.2) is 35.3 Å². The second-order valence-corrected chi connectivity index (χ2v) is 7.15. The Kier molecular flexibility index (Phi) is 3.83. The van der Waals surface area contributed by atoms with Crippen molar-refractivity contribution in [1.29, 1.82) is 0 Å². The zero-order valence-corrected chi connectivity index (χ0v) is 14.7. The number of rotatable bonds is 2.